The van der Waals surface area contributed by atoms with Gasteiger partial charge in [-0.3, -0.25) is 9.59 Å². The van der Waals surface area contributed by atoms with E-state index in [-0.39, 0.29) is 17.9 Å². The number of thioether (sulfide) groups is 1. The molecule has 0 radical (unpaired) electrons. The summed E-state index contributed by atoms with van der Waals surface area (Å²) in [6.07, 6.45) is 5.38. The Morgan fingerprint density at radius 3 is 2.70 bits per heavy atom. The minimum absolute atomic E-state index is 0.0465. The average Bonchev–Trinajstić information content (AvgIpc) is 2.60. The minimum Gasteiger partial charge on any atom is -0.354 e. The summed E-state index contributed by atoms with van der Waals surface area (Å²) in [6.45, 7) is 1.61. The first-order valence-corrected chi connectivity index (χ1v) is 9.30. The number of likely N-dealkylation sites (tertiary alicyclic amines) is 1. The summed E-state index contributed by atoms with van der Waals surface area (Å²) in [6, 6.07) is 7.78. The molecule has 5 nitrogen and oxygen atoms in total. The standard InChI is InChI=1S/C17H25N3O2S/c1-23-15-7-5-13(6-8-15)17(22)20-11-3-2-4-14(20)12-19-16(21)9-10-18/h5-8,14H,2-4,9-12,18H2,1H3,(H,19,21). The van der Waals surface area contributed by atoms with Crippen LogP contribution in [0.4, 0.5) is 0 Å². The molecule has 1 unspecified atom stereocenters. The van der Waals surface area contributed by atoms with Crippen LogP contribution in [-0.4, -0.2) is 48.6 Å². The van der Waals surface area contributed by atoms with Gasteiger partial charge in [0.25, 0.3) is 5.91 Å². The topological polar surface area (TPSA) is 75.4 Å². The number of nitrogens with two attached hydrogens (primary N) is 1. The molecule has 1 aromatic carbocycles. The molecule has 23 heavy (non-hydrogen) atoms. The highest BCUT2D eigenvalue weighted by Gasteiger charge is 2.27. The predicted octanol–water partition coefficient (Wildman–Crippen LogP) is 1.87. The Bertz CT molecular complexity index is 533. The van der Waals surface area contributed by atoms with Gasteiger partial charge < -0.3 is 16.0 Å². The SMILES string of the molecule is CSc1ccc(C(=O)N2CCCCC2CNC(=O)CCN)cc1. The fourth-order valence-electron chi connectivity index (χ4n) is 2.83. The molecule has 0 spiro atoms. The molecule has 0 bridgehead atoms. The van der Waals surface area contributed by atoms with Crippen LogP contribution in [0.3, 0.4) is 0 Å². The van der Waals surface area contributed by atoms with Gasteiger partial charge in [-0.15, -0.1) is 11.8 Å². The molecule has 1 fully saturated rings. The second-order valence-electron chi connectivity index (χ2n) is 5.72. The second kappa shape index (κ2) is 8.93. The van der Waals surface area contributed by atoms with Crippen LogP contribution in [0.5, 0.6) is 0 Å². The normalized spacial score (nSPS) is 17.8. The third kappa shape index (κ3) is 4.97. The maximum absolute atomic E-state index is 12.8. The lowest BCUT2D eigenvalue weighted by Gasteiger charge is -2.36. The summed E-state index contributed by atoms with van der Waals surface area (Å²) >= 11 is 1.66. The zero-order valence-electron chi connectivity index (χ0n) is 13.6. The largest absolute Gasteiger partial charge is 0.354 e. The molecule has 126 valence electrons. The van der Waals surface area contributed by atoms with Crippen molar-refractivity contribution >= 4 is 23.6 Å². The molecule has 1 aliphatic heterocycles. The van der Waals surface area contributed by atoms with E-state index in [1.807, 2.05) is 35.4 Å². The van der Waals surface area contributed by atoms with Crippen molar-refractivity contribution in [3.05, 3.63) is 29.8 Å². The number of amides is 2. The Hall–Kier alpha value is -1.53. The molecule has 1 aliphatic rings. The Morgan fingerprint density at radius 1 is 1.30 bits per heavy atom. The van der Waals surface area contributed by atoms with Gasteiger partial charge in [0.15, 0.2) is 0 Å². The van der Waals surface area contributed by atoms with E-state index >= 15 is 0 Å². The predicted molar refractivity (Wildman–Crippen MR) is 93.6 cm³/mol. The molecule has 0 saturated carbocycles. The van der Waals surface area contributed by atoms with Gasteiger partial charge in [0.1, 0.15) is 0 Å². The fraction of sp³-hybridized carbons (Fsp3) is 0.529. The molecule has 0 aromatic heterocycles. The number of hydrogen-bond donors (Lipinski definition) is 2. The molecule has 3 N–H and O–H groups in total. The number of rotatable bonds is 6. The molecule has 1 atom stereocenters. The maximum atomic E-state index is 12.8. The summed E-state index contributed by atoms with van der Waals surface area (Å²) < 4.78 is 0. The van der Waals surface area contributed by atoms with Gasteiger partial charge in [0, 0.05) is 42.6 Å². The van der Waals surface area contributed by atoms with Crippen molar-refractivity contribution in [2.45, 2.75) is 36.6 Å². The number of carbonyl (C=O) groups is 2. The van der Waals surface area contributed by atoms with Crippen LogP contribution >= 0.6 is 11.8 Å². The Balaban J connectivity index is 2.01. The van der Waals surface area contributed by atoms with Gasteiger partial charge >= 0.3 is 0 Å². The van der Waals surface area contributed by atoms with E-state index in [1.54, 1.807) is 11.8 Å². The monoisotopic (exact) mass is 335 g/mol. The van der Waals surface area contributed by atoms with Crippen LogP contribution in [0.2, 0.25) is 0 Å². The lowest BCUT2D eigenvalue weighted by molar-refractivity contribution is -0.121. The number of benzene rings is 1. The van der Waals surface area contributed by atoms with E-state index < -0.39 is 0 Å². The number of hydrogen-bond acceptors (Lipinski definition) is 4. The third-order valence-corrected chi connectivity index (χ3v) is 4.87. The van der Waals surface area contributed by atoms with Crippen LogP contribution in [0.15, 0.2) is 29.2 Å². The van der Waals surface area contributed by atoms with Gasteiger partial charge in [0.2, 0.25) is 5.91 Å². The third-order valence-electron chi connectivity index (χ3n) is 4.13. The highest BCUT2D eigenvalue weighted by atomic mass is 32.2. The Kier molecular flexibility index (Phi) is 6.92. The molecular formula is C17H25N3O2S. The Morgan fingerprint density at radius 2 is 2.04 bits per heavy atom. The highest BCUT2D eigenvalue weighted by Crippen LogP contribution is 2.21. The van der Waals surface area contributed by atoms with Crippen molar-refractivity contribution < 1.29 is 9.59 Å². The fourth-order valence-corrected chi connectivity index (χ4v) is 3.24. The molecule has 2 rings (SSSR count). The van der Waals surface area contributed by atoms with Crippen molar-refractivity contribution in [2.75, 3.05) is 25.9 Å². The van der Waals surface area contributed by atoms with Crippen LogP contribution in [0.25, 0.3) is 0 Å². The van der Waals surface area contributed by atoms with Crippen LogP contribution < -0.4 is 11.1 Å². The van der Waals surface area contributed by atoms with E-state index in [1.165, 1.54) is 0 Å². The minimum atomic E-state index is -0.0465. The molecule has 1 aromatic rings. The van der Waals surface area contributed by atoms with Crippen molar-refractivity contribution in [1.29, 1.82) is 0 Å². The summed E-state index contributed by atoms with van der Waals surface area (Å²) in [7, 11) is 0. The van der Waals surface area contributed by atoms with Crippen LogP contribution in [0, 0.1) is 0 Å². The molecule has 1 saturated heterocycles. The molecule has 0 aliphatic carbocycles. The molecule has 1 heterocycles. The second-order valence-corrected chi connectivity index (χ2v) is 6.60. The molecular weight excluding hydrogens is 310 g/mol. The Labute approximate surface area is 142 Å². The smallest absolute Gasteiger partial charge is 0.254 e. The summed E-state index contributed by atoms with van der Waals surface area (Å²) in [4.78, 5) is 27.4. The first-order chi connectivity index (χ1) is 11.2. The van der Waals surface area contributed by atoms with E-state index in [2.05, 4.69) is 5.32 Å². The summed E-state index contributed by atoms with van der Waals surface area (Å²) in [5, 5.41) is 2.89. The summed E-state index contributed by atoms with van der Waals surface area (Å²) in [5.74, 6) is 0.00484. The highest BCUT2D eigenvalue weighted by molar-refractivity contribution is 7.98. The first kappa shape index (κ1) is 17.8. The lowest BCUT2D eigenvalue weighted by atomic mass is 10.0. The van der Waals surface area contributed by atoms with Gasteiger partial charge in [-0.2, -0.15) is 0 Å². The van der Waals surface area contributed by atoms with Gasteiger partial charge in [-0.1, -0.05) is 0 Å². The van der Waals surface area contributed by atoms with Crippen molar-refractivity contribution in [1.82, 2.24) is 10.2 Å². The van der Waals surface area contributed by atoms with Crippen molar-refractivity contribution in [3.63, 3.8) is 0 Å². The van der Waals surface area contributed by atoms with Gasteiger partial charge in [0.05, 0.1) is 0 Å². The number of carbonyl (C=O) groups excluding carboxylic acids is 2. The van der Waals surface area contributed by atoms with Crippen molar-refractivity contribution in [3.8, 4) is 0 Å². The first-order valence-electron chi connectivity index (χ1n) is 8.07. The number of nitrogens with zero attached hydrogens (tertiary/aromatic N) is 1. The summed E-state index contributed by atoms with van der Waals surface area (Å²) in [5.41, 5.74) is 6.10. The van der Waals surface area contributed by atoms with E-state index in [4.69, 9.17) is 5.73 Å². The van der Waals surface area contributed by atoms with Crippen LogP contribution in [-0.2, 0) is 4.79 Å². The van der Waals surface area contributed by atoms with Gasteiger partial charge in [-0.25, -0.2) is 0 Å². The van der Waals surface area contributed by atoms with Crippen molar-refractivity contribution in [2.24, 2.45) is 5.73 Å². The average molecular weight is 335 g/mol. The lowest BCUT2D eigenvalue weighted by Crippen LogP contribution is -2.49. The quantitative estimate of drug-likeness (QED) is 0.778. The number of piperidine rings is 1. The molecule has 2 amide bonds. The molecule has 6 heteroatoms. The van der Waals surface area contributed by atoms with Gasteiger partial charge in [-0.05, 0) is 49.8 Å². The number of nitrogens with one attached hydrogen (secondary N) is 1. The maximum Gasteiger partial charge on any atom is 0.254 e. The zero-order valence-corrected chi connectivity index (χ0v) is 14.4. The van der Waals surface area contributed by atoms with E-state index in [0.717, 1.165) is 30.7 Å². The zero-order chi connectivity index (χ0) is 16.7. The van der Waals surface area contributed by atoms with E-state index in [0.29, 0.717) is 25.1 Å². The van der Waals surface area contributed by atoms with Crippen LogP contribution in [0.1, 0.15) is 36.0 Å². The van der Waals surface area contributed by atoms with E-state index in [9.17, 15) is 9.59 Å².